The van der Waals surface area contributed by atoms with Crippen LogP contribution >= 0.6 is 0 Å². The minimum absolute atomic E-state index is 0.0109. The summed E-state index contributed by atoms with van der Waals surface area (Å²) < 4.78 is 0. The lowest BCUT2D eigenvalue weighted by Crippen LogP contribution is -2.39. The number of carbonyl (C=O) groups excluding carboxylic acids is 2. The lowest BCUT2D eigenvalue weighted by atomic mass is 9.99. The molecule has 28 heavy (non-hydrogen) atoms. The van der Waals surface area contributed by atoms with Gasteiger partial charge in [0.1, 0.15) is 0 Å². The number of amides is 2. The molecule has 0 spiro atoms. The average molecular weight is 384 g/mol. The van der Waals surface area contributed by atoms with Crippen molar-refractivity contribution in [2.24, 2.45) is 23.7 Å². The first-order chi connectivity index (χ1) is 13.5. The minimum Gasteiger partial charge on any atom is -0.372 e. The number of carbonyl (C=O) groups is 2. The third-order valence-corrected chi connectivity index (χ3v) is 6.82. The number of nitrogens with zero attached hydrogens (tertiary/aromatic N) is 2. The van der Waals surface area contributed by atoms with Crippen molar-refractivity contribution < 1.29 is 9.59 Å². The smallest absolute Gasteiger partial charge is 0.228 e. The van der Waals surface area contributed by atoms with Gasteiger partial charge in [-0.2, -0.15) is 0 Å². The number of benzene rings is 1. The Hall–Kier alpha value is -2.04. The topological polar surface area (TPSA) is 52.7 Å². The summed E-state index contributed by atoms with van der Waals surface area (Å²) in [6, 6.07) is 8.15. The van der Waals surface area contributed by atoms with E-state index < -0.39 is 0 Å². The van der Waals surface area contributed by atoms with Gasteiger partial charge in [0.25, 0.3) is 0 Å². The van der Waals surface area contributed by atoms with Crippen molar-refractivity contribution in [3.05, 3.63) is 24.3 Å². The van der Waals surface area contributed by atoms with Gasteiger partial charge in [0.2, 0.25) is 11.8 Å². The van der Waals surface area contributed by atoms with Crippen molar-refractivity contribution in [1.29, 1.82) is 0 Å². The first-order valence-corrected chi connectivity index (χ1v) is 11.0. The van der Waals surface area contributed by atoms with Gasteiger partial charge in [-0.25, -0.2) is 0 Å². The summed E-state index contributed by atoms with van der Waals surface area (Å²) in [5.74, 6) is 1.43. The molecule has 2 heterocycles. The minimum atomic E-state index is -0.157. The first kappa shape index (κ1) is 19.3. The summed E-state index contributed by atoms with van der Waals surface area (Å²) >= 11 is 0. The van der Waals surface area contributed by atoms with E-state index in [-0.39, 0.29) is 23.7 Å². The van der Waals surface area contributed by atoms with E-state index in [1.165, 1.54) is 18.5 Å². The zero-order valence-electron chi connectivity index (χ0n) is 17.2. The number of likely N-dealkylation sites (tertiary alicyclic amines) is 1. The van der Waals surface area contributed by atoms with Gasteiger partial charge in [-0.3, -0.25) is 9.59 Å². The fourth-order valence-corrected chi connectivity index (χ4v) is 4.48. The van der Waals surface area contributed by atoms with E-state index in [1.807, 2.05) is 17.0 Å². The van der Waals surface area contributed by atoms with Gasteiger partial charge < -0.3 is 15.1 Å². The van der Waals surface area contributed by atoms with Crippen molar-refractivity contribution in [1.82, 2.24) is 4.90 Å². The molecule has 3 fully saturated rings. The van der Waals surface area contributed by atoms with Crippen molar-refractivity contribution >= 4 is 23.2 Å². The van der Waals surface area contributed by atoms with E-state index in [4.69, 9.17) is 0 Å². The Morgan fingerprint density at radius 1 is 0.857 bits per heavy atom. The van der Waals surface area contributed by atoms with Crippen LogP contribution in [0.25, 0.3) is 0 Å². The average Bonchev–Trinajstić information content (AvgIpc) is 3.50. The lowest BCUT2D eigenvalue weighted by Gasteiger charge is -2.32. The Labute approximate surface area is 168 Å². The zero-order chi connectivity index (χ0) is 19.7. The number of nitrogens with one attached hydrogen (secondary N) is 1. The molecule has 2 atom stereocenters. The maximum absolute atomic E-state index is 12.6. The summed E-state index contributed by atoms with van der Waals surface area (Å²) in [6.07, 6.45) is 5.34. The molecule has 5 nitrogen and oxygen atoms in total. The van der Waals surface area contributed by atoms with Gasteiger partial charge in [0.15, 0.2) is 0 Å². The van der Waals surface area contributed by atoms with E-state index in [2.05, 4.69) is 36.2 Å². The van der Waals surface area contributed by atoms with Crippen LogP contribution in [-0.4, -0.2) is 42.9 Å². The highest BCUT2D eigenvalue weighted by atomic mass is 16.2. The van der Waals surface area contributed by atoms with Crippen molar-refractivity contribution in [2.75, 3.05) is 36.4 Å². The number of hydrogen-bond donors (Lipinski definition) is 1. The molecule has 2 saturated heterocycles. The van der Waals surface area contributed by atoms with Crippen molar-refractivity contribution in [3.63, 3.8) is 0 Å². The van der Waals surface area contributed by atoms with E-state index in [0.717, 1.165) is 50.6 Å². The van der Waals surface area contributed by atoms with Crippen LogP contribution in [0, 0.1) is 23.7 Å². The summed E-state index contributed by atoms with van der Waals surface area (Å²) in [5.41, 5.74) is 2.05. The second-order valence-corrected chi connectivity index (χ2v) is 9.16. The Morgan fingerprint density at radius 2 is 1.43 bits per heavy atom. The highest BCUT2D eigenvalue weighted by Crippen LogP contribution is 2.41. The third kappa shape index (κ3) is 4.34. The van der Waals surface area contributed by atoms with Gasteiger partial charge in [0, 0.05) is 37.6 Å². The van der Waals surface area contributed by atoms with Crippen LogP contribution in [-0.2, 0) is 9.59 Å². The van der Waals surface area contributed by atoms with E-state index in [0.29, 0.717) is 12.3 Å². The number of hydrogen-bond acceptors (Lipinski definition) is 3. The standard InChI is InChI=1S/C23H33N3O2/c1-16-7-11-25(12-8-16)19-5-3-18(4-6-19)24-22(27)20-15-21(20)23(28)26-13-9-17(2)10-14-26/h3-6,16-17,20-21H,7-15H2,1-2H3,(H,24,27). The molecule has 2 unspecified atom stereocenters. The number of piperidine rings is 2. The quantitative estimate of drug-likeness (QED) is 0.861. The predicted octanol–water partition coefficient (Wildman–Crippen LogP) is 3.76. The lowest BCUT2D eigenvalue weighted by molar-refractivity contribution is -0.135. The molecule has 1 saturated carbocycles. The summed E-state index contributed by atoms with van der Waals surface area (Å²) in [6.45, 7) is 8.47. The van der Waals surface area contributed by atoms with E-state index in [1.54, 1.807) is 0 Å². The number of rotatable bonds is 4. The summed E-state index contributed by atoms with van der Waals surface area (Å²) in [4.78, 5) is 29.6. The van der Waals surface area contributed by atoms with Crippen LogP contribution < -0.4 is 10.2 Å². The highest BCUT2D eigenvalue weighted by Gasteiger charge is 2.49. The summed E-state index contributed by atoms with van der Waals surface area (Å²) in [5, 5.41) is 3.01. The van der Waals surface area contributed by atoms with Crippen LogP contribution in [0.2, 0.25) is 0 Å². The molecule has 5 heteroatoms. The van der Waals surface area contributed by atoms with Crippen LogP contribution in [0.5, 0.6) is 0 Å². The molecule has 1 aliphatic carbocycles. The molecule has 0 bridgehead atoms. The molecule has 3 aliphatic rings. The Bertz CT molecular complexity index is 701. The van der Waals surface area contributed by atoms with Gasteiger partial charge >= 0.3 is 0 Å². The molecular formula is C23H33N3O2. The zero-order valence-corrected chi connectivity index (χ0v) is 17.2. The fourth-order valence-electron chi connectivity index (χ4n) is 4.48. The van der Waals surface area contributed by atoms with Crippen molar-refractivity contribution in [2.45, 2.75) is 46.0 Å². The maximum Gasteiger partial charge on any atom is 0.228 e. The van der Waals surface area contributed by atoms with Crippen LogP contribution in [0.1, 0.15) is 46.0 Å². The molecule has 4 rings (SSSR count). The monoisotopic (exact) mass is 383 g/mol. The molecular weight excluding hydrogens is 350 g/mol. The Morgan fingerprint density at radius 3 is 2.04 bits per heavy atom. The van der Waals surface area contributed by atoms with Gasteiger partial charge in [-0.05, 0) is 68.2 Å². The maximum atomic E-state index is 12.6. The molecule has 1 N–H and O–H groups in total. The van der Waals surface area contributed by atoms with Crippen molar-refractivity contribution in [3.8, 4) is 0 Å². The molecule has 1 aromatic carbocycles. The molecule has 0 aromatic heterocycles. The predicted molar refractivity (Wildman–Crippen MR) is 112 cm³/mol. The summed E-state index contributed by atoms with van der Waals surface area (Å²) in [7, 11) is 0. The second-order valence-electron chi connectivity index (χ2n) is 9.16. The number of anilines is 2. The van der Waals surface area contributed by atoms with Crippen LogP contribution in [0.15, 0.2) is 24.3 Å². The Balaban J connectivity index is 1.27. The van der Waals surface area contributed by atoms with E-state index in [9.17, 15) is 9.59 Å². The van der Waals surface area contributed by atoms with E-state index >= 15 is 0 Å². The van der Waals surface area contributed by atoms with Crippen LogP contribution in [0.3, 0.4) is 0 Å². The molecule has 152 valence electrons. The third-order valence-electron chi connectivity index (χ3n) is 6.82. The molecule has 0 radical (unpaired) electrons. The SMILES string of the molecule is CC1CCN(C(=O)C2CC2C(=O)Nc2ccc(N3CCC(C)CC3)cc2)CC1. The fraction of sp³-hybridized carbons (Fsp3) is 0.652. The van der Waals surface area contributed by atoms with Gasteiger partial charge in [-0.15, -0.1) is 0 Å². The highest BCUT2D eigenvalue weighted by molar-refractivity contribution is 5.99. The van der Waals surface area contributed by atoms with Crippen LogP contribution in [0.4, 0.5) is 11.4 Å². The largest absolute Gasteiger partial charge is 0.372 e. The first-order valence-electron chi connectivity index (χ1n) is 11.0. The second kappa shape index (κ2) is 8.14. The normalized spacial score (nSPS) is 26.2. The molecule has 1 aromatic rings. The van der Waals surface area contributed by atoms with Gasteiger partial charge in [-0.1, -0.05) is 13.8 Å². The molecule has 2 amide bonds. The Kier molecular flexibility index (Phi) is 5.61. The van der Waals surface area contributed by atoms with Gasteiger partial charge in [0.05, 0.1) is 11.8 Å². The molecule has 2 aliphatic heterocycles.